The third kappa shape index (κ3) is 33.4. The second-order valence-electron chi connectivity index (χ2n) is 6.00. The van der Waals surface area contributed by atoms with Crippen molar-refractivity contribution in [2.24, 2.45) is 5.73 Å². The Morgan fingerprint density at radius 1 is 0.655 bits per heavy atom. The average Bonchev–Trinajstić information content (AvgIpc) is 2.70. The molecule has 0 atom stereocenters. The highest BCUT2D eigenvalue weighted by Gasteiger charge is 1.90. The van der Waals surface area contributed by atoms with E-state index in [0.717, 1.165) is 32.1 Å². The van der Waals surface area contributed by atoms with Gasteiger partial charge in [-0.05, 0) is 38.5 Å². The Balaban J connectivity index is 0. The summed E-state index contributed by atoms with van der Waals surface area (Å²) in [4.78, 5) is 19.6. The van der Waals surface area contributed by atoms with E-state index in [0.29, 0.717) is 6.42 Å². The van der Waals surface area contributed by atoms with Crippen LogP contribution in [0.2, 0.25) is 0 Å². The van der Waals surface area contributed by atoms with Gasteiger partial charge >= 0.3 is 11.9 Å². The van der Waals surface area contributed by atoms with E-state index < -0.39 is 11.9 Å². The van der Waals surface area contributed by atoms with Crippen LogP contribution in [0.5, 0.6) is 0 Å². The van der Waals surface area contributed by atoms with Gasteiger partial charge in [0.2, 0.25) is 0 Å². The normalized spacial score (nSPS) is 12.1. The molecular formula is C24H37NO4. The van der Waals surface area contributed by atoms with Crippen molar-refractivity contribution in [2.45, 2.75) is 58.3 Å². The number of unbranched alkanes of at least 4 members (excludes halogenated alkanes) is 1. The first kappa shape index (κ1) is 28.5. The van der Waals surface area contributed by atoms with Crippen LogP contribution in [0.25, 0.3) is 0 Å². The molecule has 0 bridgehead atoms. The van der Waals surface area contributed by atoms with E-state index in [9.17, 15) is 9.59 Å². The minimum absolute atomic E-state index is 0.210. The van der Waals surface area contributed by atoms with E-state index in [-0.39, 0.29) is 13.0 Å². The molecule has 0 aliphatic heterocycles. The maximum absolute atomic E-state index is 10.3. The van der Waals surface area contributed by atoms with E-state index in [1.165, 1.54) is 6.42 Å². The zero-order valence-corrected chi connectivity index (χ0v) is 17.6. The Labute approximate surface area is 175 Å². The Morgan fingerprint density at radius 2 is 1.07 bits per heavy atom. The molecule has 0 saturated heterocycles. The molecule has 29 heavy (non-hydrogen) atoms. The third-order valence-corrected chi connectivity index (χ3v) is 3.29. The summed E-state index contributed by atoms with van der Waals surface area (Å²) in [5.41, 5.74) is 4.57. The van der Waals surface area contributed by atoms with Crippen LogP contribution in [-0.2, 0) is 9.59 Å². The molecule has 0 rings (SSSR count). The predicted molar refractivity (Wildman–Crippen MR) is 122 cm³/mol. The number of carboxylic acids is 2. The van der Waals surface area contributed by atoms with Gasteiger partial charge in [0.05, 0.1) is 6.54 Å². The van der Waals surface area contributed by atoms with Crippen LogP contribution in [0, 0.1) is 0 Å². The fourth-order valence-electron chi connectivity index (χ4n) is 1.81. The monoisotopic (exact) mass is 403 g/mol. The first-order chi connectivity index (χ1) is 14.0. The minimum atomic E-state index is -0.968. The van der Waals surface area contributed by atoms with Crippen molar-refractivity contribution < 1.29 is 19.8 Å². The number of hydrogen-bond acceptors (Lipinski definition) is 3. The fourth-order valence-corrected chi connectivity index (χ4v) is 1.81. The summed E-state index contributed by atoms with van der Waals surface area (Å²) in [6, 6.07) is 0. The molecule has 0 unspecified atom stereocenters. The van der Waals surface area contributed by atoms with Crippen molar-refractivity contribution in [1.29, 1.82) is 0 Å². The molecule has 0 spiro atoms. The standard InChI is InChI=1S/C22H32O2.C2H5NO2/c1-2-3-4-5-6-7-8-9-10-11-12-13-14-15-16-17-18-19-20-21-22(23)24;3-1-2(4)5/h4-7,9-10,12-13,15-16,18-19H,2-3,8,11,14,17,20-21H2,1H3,(H,23,24);1,3H2,(H,4,5)/b5-4+,7-6+,10-9+,13-12+,16-15+,19-18-;. The predicted octanol–water partition coefficient (Wildman–Crippen LogP) is 5.58. The highest BCUT2D eigenvalue weighted by Crippen LogP contribution is 1.97. The zero-order chi connectivity index (χ0) is 22.0. The van der Waals surface area contributed by atoms with Crippen LogP contribution in [0.3, 0.4) is 0 Å². The second-order valence-corrected chi connectivity index (χ2v) is 6.00. The Kier molecular flexibility index (Phi) is 24.9. The van der Waals surface area contributed by atoms with Gasteiger partial charge in [0.25, 0.3) is 0 Å². The number of allylic oxidation sites excluding steroid dienone is 12. The minimum Gasteiger partial charge on any atom is -0.481 e. The number of aliphatic carboxylic acids is 2. The molecule has 0 heterocycles. The molecule has 0 aromatic carbocycles. The van der Waals surface area contributed by atoms with E-state index in [2.05, 4.69) is 73.4 Å². The summed E-state index contributed by atoms with van der Waals surface area (Å²) in [7, 11) is 0. The van der Waals surface area contributed by atoms with Crippen molar-refractivity contribution in [1.82, 2.24) is 0 Å². The van der Waals surface area contributed by atoms with Crippen LogP contribution < -0.4 is 5.73 Å². The van der Waals surface area contributed by atoms with Gasteiger partial charge < -0.3 is 15.9 Å². The lowest BCUT2D eigenvalue weighted by atomic mass is 10.2. The Hall–Kier alpha value is -2.66. The van der Waals surface area contributed by atoms with Crippen LogP contribution in [0.1, 0.15) is 58.3 Å². The SMILES string of the molecule is CCC/C=C/C=C/C/C=C/C/C=C/C/C=C/C/C=C\CCC(=O)O.NCC(=O)O. The fraction of sp³-hybridized carbons (Fsp3) is 0.417. The van der Waals surface area contributed by atoms with Crippen molar-refractivity contribution in [2.75, 3.05) is 6.54 Å². The summed E-state index contributed by atoms with van der Waals surface area (Å²) in [5, 5.41) is 16.1. The van der Waals surface area contributed by atoms with Gasteiger partial charge in [-0.15, -0.1) is 0 Å². The van der Waals surface area contributed by atoms with E-state index >= 15 is 0 Å². The van der Waals surface area contributed by atoms with Crippen molar-refractivity contribution in [3.63, 3.8) is 0 Å². The van der Waals surface area contributed by atoms with Gasteiger partial charge in [0.15, 0.2) is 0 Å². The summed E-state index contributed by atoms with van der Waals surface area (Å²) in [6.45, 7) is 1.91. The van der Waals surface area contributed by atoms with Crippen molar-refractivity contribution >= 4 is 11.9 Å². The molecule has 0 aromatic heterocycles. The number of carboxylic acid groups (broad SMARTS) is 2. The lowest BCUT2D eigenvalue weighted by Gasteiger charge is -1.87. The first-order valence-electron chi connectivity index (χ1n) is 10.1. The van der Waals surface area contributed by atoms with Gasteiger partial charge in [-0.1, -0.05) is 86.3 Å². The van der Waals surface area contributed by atoms with Gasteiger partial charge in [-0.3, -0.25) is 9.59 Å². The first-order valence-corrected chi connectivity index (χ1v) is 10.1. The molecule has 0 saturated carbocycles. The number of nitrogens with two attached hydrogens (primary N) is 1. The van der Waals surface area contributed by atoms with Crippen LogP contribution >= 0.6 is 0 Å². The van der Waals surface area contributed by atoms with Gasteiger partial charge in [0.1, 0.15) is 0 Å². The molecule has 0 fully saturated rings. The van der Waals surface area contributed by atoms with Gasteiger partial charge in [-0.2, -0.15) is 0 Å². The number of carbonyl (C=O) groups is 2. The molecular weight excluding hydrogens is 366 g/mol. The quantitative estimate of drug-likeness (QED) is 0.245. The molecule has 4 N–H and O–H groups in total. The van der Waals surface area contributed by atoms with Crippen LogP contribution in [0.4, 0.5) is 0 Å². The maximum atomic E-state index is 10.3. The molecule has 0 radical (unpaired) electrons. The van der Waals surface area contributed by atoms with E-state index in [1.807, 2.05) is 12.2 Å². The second kappa shape index (κ2) is 25.3. The molecule has 0 aliphatic rings. The summed E-state index contributed by atoms with van der Waals surface area (Å²) in [5.74, 6) is -1.71. The third-order valence-electron chi connectivity index (χ3n) is 3.29. The van der Waals surface area contributed by atoms with Crippen molar-refractivity contribution in [3.05, 3.63) is 72.9 Å². The van der Waals surface area contributed by atoms with E-state index in [4.69, 9.17) is 10.2 Å². The Bertz CT molecular complexity index is 569. The topological polar surface area (TPSA) is 101 Å². The molecule has 162 valence electrons. The highest BCUT2D eigenvalue weighted by molar-refractivity contribution is 5.68. The van der Waals surface area contributed by atoms with Gasteiger partial charge in [-0.25, -0.2) is 0 Å². The Morgan fingerprint density at radius 3 is 1.48 bits per heavy atom. The summed E-state index contributed by atoms with van der Waals surface area (Å²) in [6.07, 6.45) is 32.4. The van der Waals surface area contributed by atoms with Crippen LogP contribution in [0.15, 0.2) is 72.9 Å². The number of rotatable bonds is 15. The molecule has 0 amide bonds. The molecule has 0 aromatic rings. The van der Waals surface area contributed by atoms with Gasteiger partial charge in [0, 0.05) is 6.42 Å². The average molecular weight is 404 g/mol. The van der Waals surface area contributed by atoms with Crippen molar-refractivity contribution in [3.8, 4) is 0 Å². The smallest absolute Gasteiger partial charge is 0.317 e. The lowest BCUT2D eigenvalue weighted by Crippen LogP contribution is -2.10. The summed E-state index contributed by atoms with van der Waals surface area (Å²) >= 11 is 0. The summed E-state index contributed by atoms with van der Waals surface area (Å²) < 4.78 is 0. The lowest BCUT2D eigenvalue weighted by molar-refractivity contribution is -0.137. The van der Waals surface area contributed by atoms with E-state index in [1.54, 1.807) is 0 Å². The maximum Gasteiger partial charge on any atom is 0.317 e. The molecule has 0 aliphatic carbocycles. The zero-order valence-electron chi connectivity index (χ0n) is 17.6. The molecule has 5 heteroatoms. The number of hydrogen-bond donors (Lipinski definition) is 3. The largest absolute Gasteiger partial charge is 0.481 e. The molecule has 5 nitrogen and oxygen atoms in total. The highest BCUT2D eigenvalue weighted by atomic mass is 16.4. The van der Waals surface area contributed by atoms with Crippen LogP contribution in [-0.4, -0.2) is 28.7 Å².